The lowest BCUT2D eigenvalue weighted by Crippen LogP contribution is -2.63. The maximum atomic E-state index is 11.9. The van der Waals surface area contributed by atoms with Gasteiger partial charge < -0.3 is 25.0 Å². The van der Waals surface area contributed by atoms with Crippen LogP contribution in [0.3, 0.4) is 0 Å². The Morgan fingerprint density at radius 1 is 1.27 bits per heavy atom. The summed E-state index contributed by atoms with van der Waals surface area (Å²) in [4.78, 5) is 17.6. The highest BCUT2D eigenvalue weighted by Gasteiger charge is 2.34. The summed E-state index contributed by atoms with van der Waals surface area (Å²) in [5, 5.41) is 6.28. The molecule has 1 rings (SSSR count). The topological polar surface area (TPSA) is 109 Å². The first-order chi connectivity index (χ1) is 11.5. The van der Waals surface area contributed by atoms with Crippen LogP contribution in [-0.2, 0) is 19.3 Å². The fourth-order valence-corrected chi connectivity index (χ4v) is 2.41. The van der Waals surface area contributed by atoms with Crippen LogP contribution in [0.15, 0.2) is 4.99 Å². The number of rotatable bonds is 7. The summed E-state index contributed by atoms with van der Waals surface area (Å²) in [6.07, 6.45) is 0.868. The van der Waals surface area contributed by atoms with Crippen LogP contribution < -0.4 is 10.6 Å². The second-order valence-corrected chi connectivity index (χ2v) is 9.23. The van der Waals surface area contributed by atoms with Gasteiger partial charge in [-0.15, -0.1) is 24.0 Å². The lowest BCUT2D eigenvalue weighted by Gasteiger charge is -2.40. The minimum atomic E-state index is -2.99. The average Bonchev–Trinajstić information content (AvgIpc) is 2.40. The zero-order valence-corrected chi connectivity index (χ0v) is 19.2. The summed E-state index contributed by atoms with van der Waals surface area (Å²) < 4.78 is 32.5. The van der Waals surface area contributed by atoms with Gasteiger partial charge in [-0.2, -0.15) is 0 Å². The number of carbonyl (C=O) groups excluding carboxylic acids is 1. The predicted octanol–water partition coefficient (Wildman–Crippen LogP) is 0.450. The Kier molecular flexibility index (Phi) is 10.8. The molecule has 1 saturated heterocycles. The number of hydrogen-bond donors (Lipinski definition) is 2. The summed E-state index contributed by atoms with van der Waals surface area (Å²) in [5.41, 5.74) is -0.496. The molecule has 9 nitrogen and oxygen atoms in total. The third kappa shape index (κ3) is 11.0. The summed E-state index contributed by atoms with van der Waals surface area (Å²) >= 11 is 0. The Bertz CT molecular complexity index is 571. The van der Waals surface area contributed by atoms with Gasteiger partial charge in [0.15, 0.2) is 5.96 Å². The molecule has 154 valence electrons. The Balaban J connectivity index is 0.00000625. The van der Waals surface area contributed by atoms with E-state index >= 15 is 0 Å². The van der Waals surface area contributed by atoms with Crippen molar-refractivity contribution in [1.82, 2.24) is 15.5 Å². The lowest BCUT2D eigenvalue weighted by molar-refractivity contribution is 0.00700. The van der Waals surface area contributed by atoms with Crippen LogP contribution in [0.4, 0.5) is 4.79 Å². The molecule has 0 atom stereocenters. The van der Waals surface area contributed by atoms with E-state index in [0.29, 0.717) is 32.2 Å². The van der Waals surface area contributed by atoms with Crippen LogP contribution in [0.5, 0.6) is 0 Å². The summed E-state index contributed by atoms with van der Waals surface area (Å²) in [7, 11) is -1.33. The Morgan fingerprint density at radius 2 is 1.88 bits per heavy atom. The van der Waals surface area contributed by atoms with Crippen LogP contribution in [0.2, 0.25) is 0 Å². The number of sulfone groups is 1. The van der Waals surface area contributed by atoms with Gasteiger partial charge in [-0.1, -0.05) is 0 Å². The lowest BCUT2D eigenvalue weighted by atomic mass is 10.1. The molecular weight excluding hydrogens is 475 g/mol. The number of hydrogen-bond acceptors (Lipinski definition) is 6. The van der Waals surface area contributed by atoms with Crippen LogP contribution >= 0.6 is 24.0 Å². The second kappa shape index (κ2) is 11.1. The monoisotopic (exact) mass is 506 g/mol. The van der Waals surface area contributed by atoms with Crippen LogP contribution in [0, 0.1) is 0 Å². The predicted molar refractivity (Wildman–Crippen MR) is 112 cm³/mol. The van der Waals surface area contributed by atoms with Crippen LogP contribution in [0.25, 0.3) is 0 Å². The van der Waals surface area contributed by atoms with Gasteiger partial charge in [-0.25, -0.2) is 13.2 Å². The number of ether oxygens (including phenoxy) is 2. The van der Waals surface area contributed by atoms with Gasteiger partial charge >= 0.3 is 6.09 Å². The minimum absolute atomic E-state index is 0. The van der Waals surface area contributed by atoms with Gasteiger partial charge in [0.1, 0.15) is 15.4 Å². The molecule has 1 heterocycles. The van der Waals surface area contributed by atoms with E-state index < -0.39 is 15.4 Å². The van der Waals surface area contributed by atoms with E-state index in [1.807, 2.05) is 20.8 Å². The van der Waals surface area contributed by atoms with E-state index in [2.05, 4.69) is 15.6 Å². The van der Waals surface area contributed by atoms with Gasteiger partial charge in [0.25, 0.3) is 0 Å². The first-order valence-electron chi connectivity index (χ1n) is 8.21. The van der Waals surface area contributed by atoms with Crippen molar-refractivity contribution in [3.8, 4) is 0 Å². The molecule has 0 bridgehead atoms. The first kappa shape index (κ1) is 25.2. The molecule has 0 unspecified atom stereocenters. The van der Waals surface area contributed by atoms with E-state index in [4.69, 9.17) is 9.47 Å². The van der Waals surface area contributed by atoms with E-state index in [-0.39, 0.29) is 48.5 Å². The Hall–Kier alpha value is -0.820. The van der Waals surface area contributed by atoms with Crippen LogP contribution in [-0.4, -0.2) is 88.9 Å². The van der Waals surface area contributed by atoms with Crippen molar-refractivity contribution in [2.24, 2.45) is 4.99 Å². The van der Waals surface area contributed by atoms with Gasteiger partial charge in [-0.05, 0) is 20.8 Å². The molecular formula is C15H31IN4O5S. The summed E-state index contributed by atoms with van der Waals surface area (Å²) in [5.74, 6) is 0.628. The van der Waals surface area contributed by atoms with Gasteiger partial charge in [-0.3, -0.25) is 4.99 Å². The van der Waals surface area contributed by atoms with Gasteiger partial charge in [0.05, 0.1) is 25.0 Å². The summed E-state index contributed by atoms with van der Waals surface area (Å²) in [6.45, 7) is 7.69. The molecule has 1 aliphatic rings. The first-order valence-corrected chi connectivity index (χ1v) is 10.3. The molecule has 0 radical (unpaired) electrons. The maximum absolute atomic E-state index is 11.9. The number of halogens is 1. The Morgan fingerprint density at radius 3 is 2.38 bits per heavy atom. The number of amides is 1. The number of guanidine groups is 1. The van der Waals surface area contributed by atoms with E-state index in [1.54, 1.807) is 11.9 Å². The van der Waals surface area contributed by atoms with Crippen molar-refractivity contribution in [3.05, 3.63) is 0 Å². The number of likely N-dealkylation sites (tertiary alicyclic amines) is 1. The molecule has 0 aromatic heterocycles. The number of nitrogens with zero attached hydrogens (tertiary/aromatic N) is 2. The Labute approximate surface area is 173 Å². The van der Waals surface area contributed by atoms with Crippen LogP contribution in [0.1, 0.15) is 20.8 Å². The molecule has 1 aliphatic heterocycles. The smallest absolute Gasteiger partial charge is 0.410 e. The fourth-order valence-electron chi connectivity index (χ4n) is 1.99. The van der Waals surface area contributed by atoms with Crippen molar-refractivity contribution < 1.29 is 22.7 Å². The second-order valence-electron chi connectivity index (χ2n) is 6.97. The van der Waals surface area contributed by atoms with Crippen molar-refractivity contribution in [2.45, 2.75) is 32.4 Å². The molecule has 0 aliphatic carbocycles. The fraction of sp³-hybridized carbons (Fsp3) is 0.867. The average molecular weight is 506 g/mol. The molecule has 0 aromatic carbocycles. The normalized spacial score (nSPS) is 15.7. The van der Waals surface area contributed by atoms with Crippen molar-refractivity contribution in [2.75, 3.05) is 51.9 Å². The highest BCUT2D eigenvalue weighted by atomic mass is 127. The van der Waals surface area contributed by atoms with E-state index in [0.717, 1.165) is 0 Å². The number of nitrogens with one attached hydrogen (secondary N) is 2. The van der Waals surface area contributed by atoms with Gasteiger partial charge in [0.2, 0.25) is 0 Å². The summed E-state index contributed by atoms with van der Waals surface area (Å²) in [6, 6.07) is 0.116. The third-order valence-electron chi connectivity index (χ3n) is 3.23. The van der Waals surface area contributed by atoms with E-state index in [9.17, 15) is 13.2 Å². The molecule has 0 saturated carbocycles. The standard InChI is InChI=1S/C15H30N4O5S.HI/c1-15(2,3)24-14(20)19-10-12(11-19)18-13(16-4)17-6-7-23-8-9-25(5,21)22;/h12H,6-11H2,1-5H3,(H2,16,17,18);1H. The van der Waals surface area contributed by atoms with E-state index in [1.165, 1.54) is 6.26 Å². The molecule has 11 heteroatoms. The third-order valence-corrected chi connectivity index (χ3v) is 4.14. The highest BCUT2D eigenvalue weighted by Crippen LogP contribution is 2.15. The van der Waals surface area contributed by atoms with Crippen molar-refractivity contribution in [1.29, 1.82) is 0 Å². The molecule has 26 heavy (non-hydrogen) atoms. The molecule has 2 N–H and O–H groups in total. The van der Waals surface area contributed by atoms with Crippen molar-refractivity contribution in [3.63, 3.8) is 0 Å². The zero-order valence-electron chi connectivity index (χ0n) is 16.1. The molecule has 0 spiro atoms. The van der Waals surface area contributed by atoms with Crippen molar-refractivity contribution >= 4 is 45.9 Å². The molecule has 1 amide bonds. The SMILES string of the molecule is CN=C(NCCOCCS(C)(=O)=O)NC1CN(C(=O)OC(C)(C)C)C1.I. The quantitative estimate of drug-likeness (QED) is 0.223. The largest absolute Gasteiger partial charge is 0.444 e. The highest BCUT2D eigenvalue weighted by molar-refractivity contribution is 14.0. The number of aliphatic imine (C=N–C) groups is 1. The maximum Gasteiger partial charge on any atom is 0.410 e. The van der Waals surface area contributed by atoms with Gasteiger partial charge in [0, 0.05) is 32.9 Å². The minimum Gasteiger partial charge on any atom is -0.444 e. The zero-order chi connectivity index (χ0) is 19.1. The molecule has 0 aromatic rings. The molecule has 1 fully saturated rings. The number of carbonyl (C=O) groups is 1.